The minimum absolute atomic E-state index is 0.0494. The van der Waals surface area contributed by atoms with Crippen LogP contribution in [-0.4, -0.2) is 54.0 Å². The van der Waals surface area contributed by atoms with Crippen molar-refractivity contribution in [1.82, 2.24) is 15.3 Å². The zero-order valence-electron chi connectivity index (χ0n) is 24.4. The summed E-state index contributed by atoms with van der Waals surface area (Å²) in [5, 5.41) is 6.21. The smallest absolute Gasteiger partial charge is 0.271 e. The quantitative estimate of drug-likeness (QED) is 0.267. The topological polar surface area (TPSA) is 116 Å². The molecule has 2 aromatic carbocycles. The van der Waals surface area contributed by atoms with Crippen molar-refractivity contribution in [3.05, 3.63) is 71.3 Å². The molecule has 1 atom stereocenters. The van der Waals surface area contributed by atoms with Gasteiger partial charge in [0, 0.05) is 43.6 Å². The Hall–Kier alpha value is -4.21. The maximum Gasteiger partial charge on any atom is 0.271 e. The van der Waals surface area contributed by atoms with Gasteiger partial charge < -0.3 is 26.2 Å². The number of nitrogens with two attached hydrogens (primary N) is 1. The van der Waals surface area contributed by atoms with Crippen molar-refractivity contribution in [2.24, 2.45) is 5.73 Å². The average molecular weight is 574 g/mol. The highest BCUT2D eigenvalue weighted by atomic mass is 19.1. The van der Waals surface area contributed by atoms with Crippen molar-refractivity contribution in [2.75, 3.05) is 41.3 Å². The minimum Gasteiger partial charge on any atom is -0.372 e. The average Bonchev–Trinajstić information content (AvgIpc) is 3.83. The van der Waals surface area contributed by atoms with Crippen molar-refractivity contribution in [2.45, 2.75) is 64.3 Å². The van der Waals surface area contributed by atoms with E-state index in [1.54, 1.807) is 6.07 Å². The molecule has 2 aliphatic rings. The number of piperidine rings is 1. The molecular weight excluding hydrogens is 533 g/mol. The molecule has 1 aliphatic heterocycles. The Kier molecular flexibility index (Phi) is 9.19. The van der Waals surface area contributed by atoms with Gasteiger partial charge in [0.2, 0.25) is 0 Å². The lowest BCUT2D eigenvalue weighted by atomic mass is 10.0. The largest absolute Gasteiger partial charge is 0.372 e. The summed E-state index contributed by atoms with van der Waals surface area (Å²) in [5.74, 6) is -0.315. The summed E-state index contributed by atoms with van der Waals surface area (Å²) < 4.78 is 14.7. The second-order valence-corrected chi connectivity index (χ2v) is 11.2. The van der Waals surface area contributed by atoms with Crippen LogP contribution in [0.2, 0.25) is 0 Å². The van der Waals surface area contributed by atoms with E-state index in [4.69, 9.17) is 10.7 Å². The summed E-state index contributed by atoms with van der Waals surface area (Å²) in [6.07, 6.45) is 7.39. The van der Waals surface area contributed by atoms with E-state index in [9.17, 15) is 14.0 Å². The molecule has 5 rings (SSSR count). The number of nitrogens with zero attached hydrogens (tertiary/aromatic N) is 4. The van der Waals surface area contributed by atoms with Crippen LogP contribution in [0.5, 0.6) is 0 Å². The summed E-state index contributed by atoms with van der Waals surface area (Å²) in [6, 6.07) is 12.7. The highest BCUT2D eigenvalue weighted by Gasteiger charge is 2.27. The van der Waals surface area contributed by atoms with Crippen molar-refractivity contribution in [3.63, 3.8) is 0 Å². The van der Waals surface area contributed by atoms with E-state index in [1.807, 2.05) is 23.1 Å². The summed E-state index contributed by atoms with van der Waals surface area (Å²) in [4.78, 5) is 38.5. The molecule has 2 fully saturated rings. The first-order valence-electron chi connectivity index (χ1n) is 15.0. The Morgan fingerprint density at radius 2 is 1.81 bits per heavy atom. The highest BCUT2D eigenvalue weighted by Crippen LogP contribution is 2.40. The standard InChI is InChI=1S/C32H40FN7O2/c1-3-15-39(16-4-2)25-12-10-23(11-13-25)36-31-29(30(34)41)35-19-28(38-31)40-17-5-6-24(20-40)37-32(42)26-14-9-22(18-27(26)33)21-7-8-21/h9-14,18-19,21,24H,3-8,15-17,20H2,1-2H3,(H2,34,41)(H,36,38)(H,37,42)/t24-/m1/s1. The van der Waals surface area contributed by atoms with Gasteiger partial charge in [-0.1, -0.05) is 19.9 Å². The van der Waals surface area contributed by atoms with Gasteiger partial charge in [-0.25, -0.2) is 14.4 Å². The molecule has 1 saturated carbocycles. The number of hydrogen-bond donors (Lipinski definition) is 3. The molecule has 1 aromatic heterocycles. The van der Waals surface area contributed by atoms with E-state index < -0.39 is 17.6 Å². The molecule has 0 radical (unpaired) electrons. The lowest BCUT2D eigenvalue weighted by Gasteiger charge is -2.34. The number of primary amides is 1. The molecule has 0 spiro atoms. The fourth-order valence-electron chi connectivity index (χ4n) is 5.55. The van der Waals surface area contributed by atoms with Crippen molar-refractivity contribution >= 4 is 34.8 Å². The molecule has 1 saturated heterocycles. The number of carbonyl (C=O) groups is 2. The van der Waals surface area contributed by atoms with E-state index >= 15 is 0 Å². The predicted octanol–water partition coefficient (Wildman–Crippen LogP) is 5.36. The Morgan fingerprint density at radius 3 is 2.45 bits per heavy atom. The third-order valence-electron chi connectivity index (χ3n) is 7.84. The Labute approximate surface area is 246 Å². The second-order valence-electron chi connectivity index (χ2n) is 11.2. The number of rotatable bonds is 12. The number of amides is 2. The lowest BCUT2D eigenvalue weighted by Crippen LogP contribution is -2.48. The lowest BCUT2D eigenvalue weighted by molar-refractivity contribution is 0.0927. The van der Waals surface area contributed by atoms with E-state index in [2.05, 4.69) is 46.5 Å². The van der Waals surface area contributed by atoms with Gasteiger partial charge in [0.15, 0.2) is 11.5 Å². The first-order chi connectivity index (χ1) is 20.4. The molecular formula is C32H40FN7O2. The Balaban J connectivity index is 1.28. The van der Waals surface area contributed by atoms with Crippen LogP contribution in [0.15, 0.2) is 48.7 Å². The SMILES string of the molecule is CCCN(CCC)c1ccc(Nc2nc(N3CCC[C@@H](NC(=O)c4ccc(C5CC5)cc4F)C3)cnc2C(N)=O)cc1. The predicted molar refractivity (Wildman–Crippen MR) is 164 cm³/mol. The maximum atomic E-state index is 14.7. The van der Waals surface area contributed by atoms with Gasteiger partial charge in [-0.05, 0) is 86.4 Å². The fraction of sp³-hybridized carbons (Fsp3) is 0.438. The number of hydrogen-bond acceptors (Lipinski definition) is 7. The summed E-state index contributed by atoms with van der Waals surface area (Å²) in [5.41, 5.74) is 8.59. The molecule has 0 bridgehead atoms. The molecule has 42 heavy (non-hydrogen) atoms. The monoisotopic (exact) mass is 573 g/mol. The molecule has 2 heterocycles. The molecule has 10 heteroatoms. The van der Waals surface area contributed by atoms with Crippen LogP contribution in [0.3, 0.4) is 0 Å². The second kappa shape index (κ2) is 13.2. The summed E-state index contributed by atoms with van der Waals surface area (Å²) >= 11 is 0. The van der Waals surface area contributed by atoms with E-state index in [1.165, 1.54) is 12.3 Å². The highest BCUT2D eigenvalue weighted by molar-refractivity contribution is 5.96. The number of carbonyl (C=O) groups excluding carboxylic acids is 2. The minimum atomic E-state index is -0.677. The van der Waals surface area contributed by atoms with Crippen LogP contribution in [0.1, 0.15) is 84.7 Å². The number of anilines is 4. The molecule has 9 nitrogen and oxygen atoms in total. The molecule has 3 aromatic rings. The number of nitrogens with one attached hydrogen (secondary N) is 2. The normalized spacial score (nSPS) is 16.6. The van der Waals surface area contributed by atoms with Gasteiger partial charge in [-0.15, -0.1) is 0 Å². The van der Waals surface area contributed by atoms with Gasteiger partial charge in [0.05, 0.1) is 11.8 Å². The number of halogens is 1. The van der Waals surface area contributed by atoms with Gasteiger partial charge >= 0.3 is 0 Å². The zero-order chi connectivity index (χ0) is 29.6. The molecule has 1 aliphatic carbocycles. The van der Waals surface area contributed by atoms with E-state index in [0.29, 0.717) is 24.8 Å². The van der Waals surface area contributed by atoms with Crippen LogP contribution >= 0.6 is 0 Å². The van der Waals surface area contributed by atoms with Crippen LogP contribution in [0.25, 0.3) is 0 Å². The third-order valence-corrected chi connectivity index (χ3v) is 7.84. The fourth-order valence-corrected chi connectivity index (χ4v) is 5.55. The van der Waals surface area contributed by atoms with E-state index in [0.717, 1.165) is 68.6 Å². The van der Waals surface area contributed by atoms with Gasteiger partial charge in [0.25, 0.3) is 11.8 Å². The Morgan fingerprint density at radius 1 is 1.07 bits per heavy atom. The van der Waals surface area contributed by atoms with Crippen LogP contribution < -0.4 is 26.2 Å². The first kappa shape index (κ1) is 29.3. The summed E-state index contributed by atoms with van der Waals surface area (Å²) in [7, 11) is 0. The maximum absolute atomic E-state index is 14.7. The molecule has 0 unspecified atom stereocenters. The van der Waals surface area contributed by atoms with Crippen LogP contribution in [0.4, 0.5) is 27.4 Å². The van der Waals surface area contributed by atoms with Gasteiger partial charge in [0.1, 0.15) is 11.6 Å². The van der Waals surface area contributed by atoms with Crippen LogP contribution in [0, 0.1) is 5.82 Å². The third kappa shape index (κ3) is 6.98. The van der Waals surface area contributed by atoms with Crippen molar-refractivity contribution in [3.8, 4) is 0 Å². The molecule has 2 amide bonds. The van der Waals surface area contributed by atoms with Gasteiger partial charge in [-0.3, -0.25) is 9.59 Å². The van der Waals surface area contributed by atoms with Crippen molar-refractivity contribution in [1.29, 1.82) is 0 Å². The van der Waals surface area contributed by atoms with Gasteiger partial charge in [-0.2, -0.15) is 0 Å². The van der Waals surface area contributed by atoms with Crippen molar-refractivity contribution < 1.29 is 14.0 Å². The molecule has 222 valence electrons. The van der Waals surface area contributed by atoms with E-state index in [-0.39, 0.29) is 23.1 Å². The number of aromatic nitrogens is 2. The Bertz CT molecular complexity index is 1400. The zero-order valence-corrected chi connectivity index (χ0v) is 24.4. The van der Waals surface area contributed by atoms with Crippen LogP contribution in [-0.2, 0) is 0 Å². The number of benzene rings is 2. The first-order valence-corrected chi connectivity index (χ1v) is 15.0. The molecule has 4 N–H and O–H groups in total. The summed E-state index contributed by atoms with van der Waals surface area (Å²) in [6.45, 7) is 7.50.